The molecule has 0 saturated carbocycles. The van der Waals surface area contributed by atoms with Gasteiger partial charge in [-0.05, 0) is 62.4 Å². The molecule has 0 aliphatic carbocycles. The molecular formula is C20H23ClN2O. The molecule has 3 nitrogen and oxygen atoms in total. The van der Waals surface area contributed by atoms with Gasteiger partial charge in [0, 0.05) is 23.5 Å². The fourth-order valence-corrected chi connectivity index (χ4v) is 3.10. The lowest BCUT2D eigenvalue weighted by Crippen LogP contribution is -2.27. The molecular weight excluding hydrogens is 320 g/mol. The molecule has 0 spiro atoms. The Labute approximate surface area is 149 Å². The van der Waals surface area contributed by atoms with Crippen LogP contribution in [0.1, 0.15) is 38.3 Å². The molecule has 1 aliphatic rings. The fraction of sp³-hybridized carbons (Fsp3) is 0.300. The molecule has 2 rings (SSSR count). The van der Waals surface area contributed by atoms with Gasteiger partial charge in [0.2, 0.25) is 6.41 Å². The zero-order chi connectivity index (χ0) is 17.7. The van der Waals surface area contributed by atoms with Gasteiger partial charge in [-0.1, -0.05) is 36.4 Å². The van der Waals surface area contributed by atoms with Crippen LogP contribution in [0.25, 0.3) is 5.57 Å². The van der Waals surface area contributed by atoms with Crippen molar-refractivity contribution in [1.82, 2.24) is 0 Å². The molecule has 24 heavy (non-hydrogen) atoms. The van der Waals surface area contributed by atoms with E-state index in [1.54, 1.807) is 11.8 Å². The van der Waals surface area contributed by atoms with Crippen LogP contribution in [0.5, 0.6) is 0 Å². The zero-order valence-electron chi connectivity index (χ0n) is 14.5. The lowest BCUT2D eigenvalue weighted by atomic mass is 9.93. The maximum atomic E-state index is 11.2. The number of aliphatic imine (C=N–C) groups is 1. The van der Waals surface area contributed by atoms with Gasteiger partial charge in [0.1, 0.15) is 5.17 Å². The largest absolute Gasteiger partial charge is 0.315 e. The summed E-state index contributed by atoms with van der Waals surface area (Å²) in [5.74, 6) is 0. The van der Waals surface area contributed by atoms with E-state index in [1.807, 2.05) is 38.1 Å². The molecule has 126 valence electrons. The van der Waals surface area contributed by atoms with Crippen molar-refractivity contribution < 1.29 is 4.79 Å². The minimum absolute atomic E-state index is 0.495. The SMILES string of the molecule is C=C(C(/C=C\C)=C(/C)N=C(C)Cl)c1ccc2c(c1)CCCN2C=O. The lowest BCUT2D eigenvalue weighted by Gasteiger charge is -2.26. The van der Waals surface area contributed by atoms with Crippen molar-refractivity contribution in [1.29, 1.82) is 0 Å². The van der Waals surface area contributed by atoms with E-state index in [0.29, 0.717) is 5.17 Å². The number of anilines is 1. The molecule has 1 aromatic carbocycles. The average Bonchev–Trinajstić information content (AvgIpc) is 2.57. The Morgan fingerprint density at radius 1 is 1.38 bits per heavy atom. The number of aryl methyl sites for hydroxylation is 1. The summed E-state index contributed by atoms with van der Waals surface area (Å²) in [5, 5.41) is 0.495. The number of rotatable bonds is 5. The number of amides is 1. The van der Waals surface area contributed by atoms with Crippen molar-refractivity contribution in [2.45, 2.75) is 33.6 Å². The van der Waals surface area contributed by atoms with Crippen molar-refractivity contribution >= 4 is 34.4 Å². The number of fused-ring (bicyclic) bond motifs is 1. The van der Waals surface area contributed by atoms with E-state index in [0.717, 1.165) is 53.9 Å². The van der Waals surface area contributed by atoms with Gasteiger partial charge in [0.05, 0.1) is 0 Å². The highest BCUT2D eigenvalue weighted by atomic mass is 35.5. The van der Waals surface area contributed by atoms with E-state index in [-0.39, 0.29) is 0 Å². The minimum Gasteiger partial charge on any atom is -0.315 e. The van der Waals surface area contributed by atoms with Crippen LogP contribution in [0, 0.1) is 0 Å². The summed E-state index contributed by atoms with van der Waals surface area (Å²) in [6.07, 6.45) is 6.82. The summed E-state index contributed by atoms with van der Waals surface area (Å²) in [6, 6.07) is 6.14. The topological polar surface area (TPSA) is 32.7 Å². The van der Waals surface area contributed by atoms with Crippen LogP contribution in [0.4, 0.5) is 5.69 Å². The van der Waals surface area contributed by atoms with Gasteiger partial charge in [-0.2, -0.15) is 0 Å². The van der Waals surface area contributed by atoms with Gasteiger partial charge in [-0.15, -0.1) is 0 Å². The number of benzene rings is 1. The molecule has 0 unspecified atom stereocenters. The van der Waals surface area contributed by atoms with Crippen molar-refractivity contribution in [3.8, 4) is 0 Å². The second kappa shape index (κ2) is 8.11. The minimum atomic E-state index is 0.495. The summed E-state index contributed by atoms with van der Waals surface area (Å²) >= 11 is 5.92. The van der Waals surface area contributed by atoms with Gasteiger partial charge in [-0.25, -0.2) is 4.99 Å². The number of halogens is 1. The molecule has 1 heterocycles. The molecule has 0 fully saturated rings. The first-order valence-corrected chi connectivity index (χ1v) is 8.44. The fourth-order valence-electron chi connectivity index (χ4n) is 2.98. The summed E-state index contributed by atoms with van der Waals surface area (Å²) in [6.45, 7) is 10.7. The van der Waals surface area contributed by atoms with Crippen LogP contribution in [-0.2, 0) is 11.2 Å². The van der Waals surface area contributed by atoms with E-state index in [9.17, 15) is 4.79 Å². The van der Waals surface area contributed by atoms with Crippen LogP contribution in [0.3, 0.4) is 0 Å². The molecule has 1 aromatic rings. The third-order valence-corrected chi connectivity index (χ3v) is 4.16. The third-order valence-electron chi connectivity index (χ3n) is 4.08. The van der Waals surface area contributed by atoms with Gasteiger partial charge in [0.25, 0.3) is 0 Å². The molecule has 0 N–H and O–H groups in total. The van der Waals surface area contributed by atoms with Crippen LogP contribution in [0.2, 0.25) is 0 Å². The van der Waals surface area contributed by atoms with E-state index in [2.05, 4.69) is 17.6 Å². The highest BCUT2D eigenvalue weighted by Crippen LogP contribution is 2.32. The third kappa shape index (κ3) is 4.04. The summed E-state index contributed by atoms with van der Waals surface area (Å²) in [7, 11) is 0. The predicted molar refractivity (Wildman–Crippen MR) is 104 cm³/mol. The van der Waals surface area contributed by atoms with Gasteiger partial charge >= 0.3 is 0 Å². The number of hydrogen-bond acceptors (Lipinski definition) is 2. The monoisotopic (exact) mass is 342 g/mol. The zero-order valence-corrected chi connectivity index (χ0v) is 15.2. The van der Waals surface area contributed by atoms with Crippen molar-refractivity contribution in [2.75, 3.05) is 11.4 Å². The van der Waals surface area contributed by atoms with Crippen LogP contribution >= 0.6 is 11.6 Å². The highest BCUT2D eigenvalue weighted by molar-refractivity contribution is 6.64. The van der Waals surface area contributed by atoms with E-state index >= 15 is 0 Å². The quantitative estimate of drug-likeness (QED) is 0.415. The molecule has 0 radical (unpaired) electrons. The smallest absolute Gasteiger partial charge is 0.214 e. The Kier molecular flexibility index (Phi) is 6.16. The second-order valence-electron chi connectivity index (χ2n) is 5.83. The Morgan fingerprint density at radius 2 is 2.12 bits per heavy atom. The van der Waals surface area contributed by atoms with Crippen LogP contribution < -0.4 is 4.90 Å². The lowest BCUT2D eigenvalue weighted by molar-refractivity contribution is -0.107. The molecule has 1 aliphatic heterocycles. The first-order valence-electron chi connectivity index (χ1n) is 8.06. The van der Waals surface area contributed by atoms with E-state index < -0.39 is 0 Å². The van der Waals surface area contributed by atoms with Gasteiger partial charge in [0.15, 0.2) is 0 Å². The Hall–Kier alpha value is -2.13. The Balaban J connectivity index is 2.45. The predicted octanol–water partition coefficient (Wildman–Crippen LogP) is 5.12. The van der Waals surface area contributed by atoms with Crippen molar-refractivity contribution in [3.05, 3.63) is 59.3 Å². The number of carbonyl (C=O) groups is 1. The molecule has 4 heteroatoms. The molecule has 0 saturated heterocycles. The summed E-state index contributed by atoms with van der Waals surface area (Å²) < 4.78 is 0. The molecule has 1 amide bonds. The Morgan fingerprint density at radius 3 is 2.75 bits per heavy atom. The number of nitrogens with zero attached hydrogens (tertiary/aromatic N) is 2. The van der Waals surface area contributed by atoms with E-state index in [4.69, 9.17) is 11.6 Å². The van der Waals surface area contributed by atoms with Gasteiger partial charge < -0.3 is 4.90 Å². The first kappa shape index (κ1) is 18.2. The average molecular weight is 343 g/mol. The Bertz CT molecular complexity index is 740. The standard InChI is InChI=1S/C20H23ClN2O/c1-5-7-19(15(3)22-16(4)21)14(2)17-9-10-20-18(12-17)8-6-11-23(20)13-24/h5,7,9-10,12-13H,2,6,8,11H2,1,3-4H3/b7-5-,19-15-,22-16?. The molecule has 0 atom stereocenters. The van der Waals surface area contributed by atoms with Crippen molar-refractivity contribution in [3.63, 3.8) is 0 Å². The normalized spacial score (nSPS) is 16.0. The number of allylic oxidation sites excluding steroid dienone is 5. The maximum absolute atomic E-state index is 11.2. The summed E-state index contributed by atoms with van der Waals surface area (Å²) in [4.78, 5) is 17.3. The molecule has 0 aromatic heterocycles. The van der Waals surface area contributed by atoms with Crippen LogP contribution in [0.15, 0.2) is 53.2 Å². The maximum Gasteiger partial charge on any atom is 0.214 e. The second-order valence-corrected chi connectivity index (χ2v) is 6.38. The van der Waals surface area contributed by atoms with E-state index in [1.165, 1.54) is 5.56 Å². The highest BCUT2D eigenvalue weighted by Gasteiger charge is 2.17. The number of hydrogen-bond donors (Lipinski definition) is 0. The van der Waals surface area contributed by atoms with Gasteiger partial charge in [-0.3, -0.25) is 4.79 Å². The first-order chi connectivity index (χ1) is 11.5. The molecule has 0 bridgehead atoms. The number of carbonyl (C=O) groups excluding carboxylic acids is 1. The van der Waals surface area contributed by atoms with Crippen LogP contribution in [-0.4, -0.2) is 18.1 Å². The summed E-state index contributed by atoms with van der Waals surface area (Å²) in [5.41, 5.74) is 5.91. The van der Waals surface area contributed by atoms with Crippen molar-refractivity contribution in [2.24, 2.45) is 4.99 Å².